The van der Waals surface area contributed by atoms with E-state index in [2.05, 4.69) is 15.5 Å². The van der Waals surface area contributed by atoms with Gasteiger partial charge in [-0.2, -0.15) is 5.10 Å². The molecule has 1 atom stereocenters. The monoisotopic (exact) mass is 347 g/mol. The lowest BCUT2D eigenvalue weighted by atomic mass is 10.2. The zero-order valence-electron chi connectivity index (χ0n) is 12.1. The molecule has 0 radical (unpaired) electrons. The van der Waals surface area contributed by atoms with Crippen LogP contribution in [0.1, 0.15) is 12.0 Å². The van der Waals surface area contributed by atoms with Crippen molar-refractivity contribution in [3.05, 3.63) is 46.0 Å². The molecule has 1 amide bonds. The molecule has 0 unspecified atom stereocenters. The number of hydrogen-bond donors (Lipinski definition) is 1. The predicted octanol–water partition coefficient (Wildman–Crippen LogP) is 0.321. The zero-order valence-corrected chi connectivity index (χ0v) is 12.9. The quantitative estimate of drug-likeness (QED) is 0.447. The number of amidine groups is 1. The summed E-state index contributed by atoms with van der Waals surface area (Å²) in [6, 6.07) is 6.22. The van der Waals surface area contributed by atoms with Crippen molar-refractivity contribution in [2.75, 3.05) is 0 Å². The minimum absolute atomic E-state index is 0.0304. The van der Waals surface area contributed by atoms with Gasteiger partial charge in [-0.15, -0.1) is 5.10 Å². The summed E-state index contributed by atoms with van der Waals surface area (Å²) in [6.07, 6.45) is 3.85. The largest absolute Gasteiger partial charge is 0.550 e. The Bertz CT molecular complexity index is 759. The highest BCUT2D eigenvalue weighted by Gasteiger charge is 2.30. The minimum Gasteiger partial charge on any atom is -0.550 e. The van der Waals surface area contributed by atoms with Gasteiger partial charge in [0.15, 0.2) is 5.17 Å². The zero-order chi connectivity index (χ0) is 17.5. The Morgan fingerprint density at radius 2 is 2.17 bits per heavy atom. The Kier molecular flexibility index (Phi) is 5.79. The summed E-state index contributed by atoms with van der Waals surface area (Å²) in [6.45, 7) is 0. The number of aliphatic carboxylic acids is 1. The summed E-state index contributed by atoms with van der Waals surface area (Å²) in [7, 11) is 0. The average Bonchev–Trinajstić information content (AvgIpc) is 2.86. The van der Waals surface area contributed by atoms with Crippen LogP contribution in [0, 0.1) is 10.1 Å². The van der Waals surface area contributed by atoms with E-state index in [4.69, 9.17) is 0 Å². The van der Waals surface area contributed by atoms with Gasteiger partial charge in [0.2, 0.25) is 5.91 Å². The van der Waals surface area contributed by atoms with Gasteiger partial charge in [0.25, 0.3) is 5.69 Å². The fraction of sp³-hybridized carbons (Fsp3) is 0.143. The molecule has 1 saturated heterocycles. The first kappa shape index (κ1) is 17.3. The number of allylic oxidation sites excluding steroid dienone is 1. The smallest absolute Gasteiger partial charge is 0.276 e. The van der Waals surface area contributed by atoms with Crippen LogP contribution in [-0.2, 0) is 9.59 Å². The molecule has 1 aromatic carbocycles. The fourth-order valence-corrected chi connectivity index (χ4v) is 2.71. The first-order valence-corrected chi connectivity index (χ1v) is 7.54. The van der Waals surface area contributed by atoms with E-state index < -0.39 is 28.5 Å². The van der Waals surface area contributed by atoms with Crippen molar-refractivity contribution in [3.8, 4) is 0 Å². The first-order valence-electron chi connectivity index (χ1n) is 6.66. The summed E-state index contributed by atoms with van der Waals surface area (Å²) in [5.41, 5.74) is 0.386. The second kappa shape index (κ2) is 8.02. The Hall–Kier alpha value is -3.01. The first-order chi connectivity index (χ1) is 11.5. The Morgan fingerprint density at radius 1 is 1.42 bits per heavy atom. The van der Waals surface area contributed by atoms with Gasteiger partial charge in [-0.25, -0.2) is 0 Å². The average molecular weight is 347 g/mol. The second-order valence-corrected chi connectivity index (χ2v) is 5.71. The van der Waals surface area contributed by atoms with Crippen molar-refractivity contribution >= 4 is 46.8 Å². The van der Waals surface area contributed by atoms with E-state index >= 15 is 0 Å². The standard InChI is InChI=1S/C14H12N4O5S/c19-12(20)8-11-13(21)16-14(24-11)17-15-7-3-5-9-4-1-2-6-10(9)18(22)23/h1-7,11H,8H2,(H,19,20)(H,16,17,21)/p-1/b5-3+,15-7-/t11-/m0/s1. The molecule has 1 aromatic rings. The third kappa shape index (κ3) is 4.74. The number of carbonyl (C=O) groups excluding carboxylic acids is 2. The van der Waals surface area contributed by atoms with E-state index in [1.165, 1.54) is 24.4 Å². The molecule has 0 saturated carbocycles. The maximum Gasteiger partial charge on any atom is 0.276 e. The van der Waals surface area contributed by atoms with E-state index in [0.29, 0.717) is 5.56 Å². The highest BCUT2D eigenvalue weighted by Crippen LogP contribution is 2.22. The third-order valence-electron chi connectivity index (χ3n) is 2.84. The van der Waals surface area contributed by atoms with Gasteiger partial charge in [0.05, 0.1) is 15.7 Å². The number of nitro benzene ring substituents is 1. The number of rotatable bonds is 6. The molecular weight excluding hydrogens is 336 g/mol. The van der Waals surface area contributed by atoms with Gasteiger partial charge < -0.3 is 15.2 Å². The maximum atomic E-state index is 11.5. The van der Waals surface area contributed by atoms with Crippen LogP contribution in [0.3, 0.4) is 0 Å². The van der Waals surface area contributed by atoms with E-state index in [1.807, 2.05) is 0 Å². The summed E-state index contributed by atoms with van der Waals surface area (Å²) < 4.78 is 0. The number of nitrogens with zero attached hydrogens (tertiary/aromatic N) is 3. The van der Waals surface area contributed by atoms with Gasteiger partial charge in [-0.3, -0.25) is 14.9 Å². The molecule has 1 aliphatic rings. The molecule has 1 fully saturated rings. The van der Waals surface area contributed by atoms with Crippen LogP contribution < -0.4 is 10.4 Å². The number of benzene rings is 1. The second-order valence-electron chi connectivity index (χ2n) is 4.52. The van der Waals surface area contributed by atoms with Gasteiger partial charge in [0, 0.05) is 24.7 Å². The molecule has 1 aliphatic heterocycles. The van der Waals surface area contributed by atoms with E-state index in [-0.39, 0.29) is 10.9 Å². The van der Waals surface area contributed by atoms with Crippen molar-refractivity contribution in [3.63, 3.8) is 0 Å². The number of para-hydroxylation sites is 1. The van der Waals surface area contributed by atoms with Gasteiger partial charge in [-0.05, 0) is 18.2 Å². The van der Waals surface area contributed by atoms with Gasteiger partial charge in [0.1, 0.15) is 0 Å². The number of carbonyl (C=O) groups is 2. The van der Waals surface area contributed by atoms with Crippen molar-refractivity contribution < 1.29 is 19.6 Å². The number of nitro groups is 1. The predicted molar refractivity (Wildman–Crippen MR) is 87.2 cm³/mol. The Morgan fingerprint density at radius 3 is 2.88 bits per heavy atom. The topological polar surface area (TPSA) is 137 Å². The SMILES string of the molecule is O=C([O-])C[C@@H]1S\C(=N/N=C\C=C\c2ccccc2[N+](=O)[O-])NC1=O. The Labute approximate surface area is 140 Å². The van der Waals surface area contributed by atoms with Crippen molar-refractivity contribution in [1.29, 1.82) is 0 Å². The number of nitrogens with one attached hydrogen (secondary N) is 1. The molecule has 0 aliphatic carbocycles. The molecule has 0 aromatic heterocycles. The molecule has 9 nitrogen and oxygen atoms in total. The fourth-order valence-electron chi connectivity index (χ4n) is 1.80. The van der Waals surface area contributed by atoms with E-state index in [0.717, 1.165) is 11.8 Å². The molecule has 0 spiro atoms. The number of hydrogen-bond acceptors (Lipinski definition) is 8. The molecule has 10 heteroatoms. The lowest BCUT2D eigenvalue weighted by Crippen LogP contribution is -2.31. The third-order valence-corrected chi connectivity index (χ3v) is 3.91. The number of thioether (sulfide) groups is 1. The molecule has 2 rings (SSSR count). The lowest BCUT2D eigenvalue weighted by molar-refractivity contribution is -0.385. The number of amides is 1. The van der Waals surface area contributed by atoms with Crippen molar-refractivity contribution in [2.45, 2.75) is 11.7 Å². The van der Waals surface area contributed by atoms with Crippen LogP contribution in [0.4, 0.5) is 5.69 Å². The number of carboxylic acids is 1. The molecular formula is C14H11N4O5S-. The molecule has 24 heavy (non-hydrogen) atoms. The van der Waals surface area contributed by atoms with Crippen LogP contribution >= 0.6 is 11.8 Å². The summed E-state index contributed by atoms with van der Waals surface area (Å²) in [5.74, 6) is -1.78. The van der Waals surface area contributed by atoms with E-state index in [1.54, 1.807) is 18.2 Å². The summed E-state index contributed by atoms with van der Waals surface area (Å²) >= 11 is 0.949. The van der Waals surface area contributed by atoms with Crippen LogP contribution in [0.25, 0.3) is 6.08 Å². The molecule has 1 N–H and O–H groups in total. The highest BCUT2D eigenvalue weighted by atomic mass is 32.2. The van der Waals surface area contributed by atoms with E-state index in [9.17, 15) is 24.8 Å². The summed E-state index contributed by atoms with van der Waals surface area (Å²) in [4.78, 5) is 32.3. The van der Waals surface area contributed by atoms with Crippen LogP contribution in [0.2, 0.25) is 0 Å². The summed E-state index contributed by atoms with van der Waals surface area (Å²) in [5, 5.41) is 30.6. The minimum atomic E-state index is -1.32. The molecule has 0 bridgehead atoms. The van der Waals surface area contributed by atoms with Gasteiger partial charge in [-0.1, -0.05) is 23.9 Å². The molecule has 124 valence electrons. The highest BCUT2D eigenvalue weighted by molar-refractivity contribution is 8.15. The van der Waals surface area contributed by atoms with Crippen LogP contribution in [0.5, 0.6) is 0 Å². The Balaban J connectivity index is 1.97. The van der Waals surface area contributed by atoms with Crippen molar-refractivity contribution in [2.24, 2.45) is 10.2 Å². The normalized spacial score (nSPS) is 19.2. The van der Waals surface area contributed by atoms with Gasteiger partial charge >= 0.3 is 0 Å². The lowest BCUT2D eigenvalue weighted by Gasteiger charge is -2.04. The number of carboxylic acid groups (broad SMARTS) is 1. The van der Waals surface area contributed by atoms with Crippen LogP contribution in [-0.4, -0.2) is 33.4 Å². The maximum absolute atomic E-state index is 11.5. The van der Waals surface area contributed by atoms with Crippen molar-refractivity contribution in [1.82, 2.24) is 5.32 Å². The molecule has 1 heterocycles. The van der Waals surface area contributed by atoms with Crippen LogP contribution in [0.15, 0.2) is 40.5 Å².